The molecule has 37 heavy (non-hydrogen) atoms. The molecule has 1 saturated carbocycles. The molecule has 1 aliphatic carbocycles. The number of ether oxygens (including phenoxy) is 2. The largest absolute Gasteiger partial charge is 0.466 e. The maximum Gasteiger partial charge on any atom is 0.303 e. The second kappa shape index (κ2) is 16.2. The molecule has 0 amide bonds. The first-order valence-corrected chi connectivity index (χ1v) is 15.7. The molecule has 0 spiro atoms. The van der Waals surface area contributed by atoms with Gasteiger partial charge < -0.3 is 9.47 Å². The SMILES string of the molecule is CCCCC[C@@H](C#CC1[C@@H](C/C=C\CCCCOC(C)=O)[C@@H]2C[C@H]1S[C@@H](c1ccccc1)S2)OC(C)=O. The van der Waals surface area contributed by atoms with Crippen LogP contribution in [-0.2, 0) is 19.1 Å². The van der Waals surface area contributed by atoms with Gasteiger partial charge in [0.15, 0.2) is 6.10 Å². The van der Waals surface area contributed by atoms with Crippen LogP contribution in [0.4, 0.5) is 0 Å². The van der Waals surface area contributed by atoms with Crippen molar-refractivity contribution in [1.29, 1.82) is 0 Å². The van der Waals surface area contributed by atoms with Gasteiger partial charge >= 0.3 is 11.9 Å². The van der Waals surface area contributed by atoms with Gasteiger partial charge in [0.25, 0.3) is 0 Å². The quantitative estimate of drug-likeness (QED) is 0.110. The number of unbranched alkanes of at least 4 members (excludes halogenated alkanes) is 4. The van der Waals surface area contributed by atoms with Crippen molar-refractivity contribution in [3.63, 3.8) is 0 Å². The third-order valence-electron chi connectivity index (χ3n) is 6.91. The lowest BCUT2D eigenvalue weighted by molar-refractivity contribution is -0.144. The minimum Gasteiger partial charge on any atom is -0.466 e. The molecule has 0 N–H and O–H groups in total. The van der Waals surface area contributed by atoms with Gasteiger partial charge in [-0.15, -0.1) is 23.5 Å². The average molecular weight is 543 g/mol. The van der Waals surface area contributed by atoms with E-state index in [0.29, 0.717) is 33.5 Å². The topological polar surface area (TPSA) is 52.6 Å². The van der Waals surface area contributed by atoms with Crippen LogP contribution in [-0.4, -0.2) is 35.1 Å². The van der Waals surface area contributed by atoms with E-state index in [0.717, 1.165) is 51.4 Å². The van der Waals surface area contributed by atoms with Gasteiger partial charge in [-0.05, 0) is 56.4 Å². The fourth-order valence-electron chi connectivity index (χ4n) is 5.05. The first-order valence-electron chi connectivity index (χ1n) is 13.8. The predicted molar refractivity (Wildman–Crippen MR) is 155 cm³/mol. The summed E-state index contributed by atoms with van der Waals surface area (Å²) in [4.78, 5) is 22.6. The predicted octanol–water partition coefficient (Wildman–Crippen LogP) is 7.73. The molecular formula is C31H42O4S2. The number of thioether (sulfide) groups is 2. The molecule has 2 fully saturated rings. The molecule has 0 radical (unpaired) electrons. The minimum atomic E-state index is -0.305. The number of allylic oxidation sites excluding steroid dienone is 2. The molecule has 6 heteroatoms. The first-order chi connectivity index (χ1) is 18.0. The van der Waals surface area contributed by atoms with E-state index in [1.54, 1.807) is 0 Å². The third kappa shape index (κ3) is 10.1. The fraction of sp³-hybridized carbons (Fsp3) is 0.613. The van der Waals surface area contributed by atoms with Crippen LogP contribution in [0.1, 0.15) is 88.7 Å². The van der Waals surface area contributed by atoms with Gasteiger partial charge in [0.05, 0.1) is 11.2 Å². The lowest BCUT2D eigenvalue weighted by Crippen LogP contribution is -2.18. The Balaban J connectivity index is 1.67. The normalized spacial score (nSPS) is 25.3. The van der Waals surface area contributed by atoms with Gasteiger partial charge in [0.2, 0.25) is 0 Å². The van der Waals surface area contributed by atoms with Crippen molar-refractivity contribution in [1.82, 2.24) is 0 Å². The summed E-state index contributed by atoms with van der Waals surface area (Å²) < 4.78 is 11.1. The summed E-state index contributed by atoms with van der Waals surface area (Å²) in [5, 5.41) is 1.08. The summed E-state index contributed by atoms with van der Waals surface area (Å²) >= 11 is 4.17. The van der Waals surface area contributed by atoms with Crippen molar-refractivity contribution in [2.75, 3.05) is 6.61 Å². The summed E-state index contributed by atoms with van der Waals surface area (Å²) in [6.45, 7) is 5.62. The molecule has 1 aromatic rings. The van der Waals surface area contributed by atoms with Crippen LogP contribution in [0, 0.1) is 23.7 Å². The van der Waals surface area contributed by atoms with Crippen molar-refractivity contribution >= 4 is 35.5 Å². The Bertz CT molecular complexity index is 936. The molecule has 3 rings (SSSR count). The summed E-state index contributed by atoms with van der Waals surface area (Å²) in [7, 11) is 0. The Hall–Kier alpha value is -1.84. The number of carbonyl (C=O) groups excluding carboxylic acids is 2. The van der Waals surface area contributed by atoms with E-state index in [9.17, 15) is 9.59 Å². The van der Waals surface area contributed by atoms with Crippen LogP contribution in [0.25, 0.3) is 0 Å². The molecule has 6 atom stereocenters. The van der Waals surface area contributed by atoms with Crippen molar-refractivity contribution in [3.8, 4) is 11.8 Å². The maximum atomic E-state index is 11.7. The van der Waals surface area contributed by atoms with Gasteiger partial charge in [-0.3, -0.25) is 9.59 Å². The van der Waals surface area contributed by atoms with Crippen molar-refractivity contribution in [2.24, 2.45) is 11.8 Å². The lowest BCUT2D eigenvalue weighted by atomic mass is 9.92. The molecule has 2 aliphatic rings. The fourth-order valence-corrected chi connectivity index (χ4v) is 9.11. The Morgan fingerprint density at radius 1 is 1.03 bits per heavy atom. The van der Waals surface area contributed by atoms with E-state index < -0.39 is 0 Å². The van der Waals surface area contributed by atoms with Gasteiger partial charge in [-0.2, -0.15) is 0 Å². The van der Waals surface area contributed by atoms with Gasteiger partial charge in [-0.25, -0.2) is 0 Å². The number of benzene rings is 1. The highest BCUT2D eigenvalue weighted by molar-refractivity contribution is 8.17. The van der Waals surface area contributed by atoms with Crippen LogP contribution >= 0.6 is 23.5 Å². The smallest absolute Gasteiger partial charge is 0.303 e. The Kier molecular flexibility index (Phi) is 13.0. The van der Waals surface area contributed by atoms with Crippen LogP contribution in [0.2, 0.25) is 0 Å². The average Bonchev–Trinajstić information content (AvgIpc) is 3.12. The summed E-state index contributed by atoms with van der Waals surface area (Å²) in [5.74, 6) is 7.39. The van der Waals surface area contributed by atoms with Crippen LogP contribution in [0.3, 0.4) is 0 Å². The van der Waals surface area contributed by atoms with Crippen molar-refractivity contribution in [2.45, 2.75) is 99.7 Å². The molecule has 1 saturated heterocycles. The number of rotatable bonds is 13. The molecule has 1 unspecified atom stereocenters. The summed E-state index contributed by atoms with van der Waals surface area (Å²) in [5.41, 5.74) is 1.39. The molecule has 1 aromatic carbocycles. The van der Waals surface area contributed by atoms with E-state index in [4.69, 9.17) is 9.47 Å². The maximum absolute atomic E-state index is 11.7. The Morgan fingerprint density at radius 3 is 2.54 bits per heavy atom. The number of hydrogen-bond acceptors (Lipinski definition) is 6. The van der Waals surface area contributed by atoms with E-state index in [1.807, 2.05) is 0 Å². The van der Waals surface area contributed by atoms with Crippen molar-refractivity contribution < 1.29 is 19.1 Å². The molecule has 0 aromatic heterocycles. The van der Waals surface area contributed by atoms with E-state index in [2.05, 4.69) is 84.8 Å². The second-order valence-electron chi connectivity index (χ2n) is 9.94. The van der Waals surface area contributed by atoms with Crippen molar-refractivity contribution in [3.05, 3.63) is 48.0 Å². The molecule has 4 nitrogen and oxygen atoms in total. The van der Waals surface area contributed by atoms with Crippen LogP contribution in [0.5, 0.6) is 0 Å². The highest BCUT2D eigenvalue weighted by Gasteiger charge is 2.48. The monoisotopic (exact) mass is 542 g/mol. The highest BCUT2D eigenvalue weighted by atomic mass is 32.2. The zero-order valence-corrected chi connectivity index (χ0v) is 24.2. The Labute approximate surface area is 232 Å². The zero-order chi connectivity index (χ0) is 26.5. The third-order valence-corrected chi connectivity index (χ3v) is 10.3. The second-order valence-corrected chi connectivity index (χ2v) is 12.9. The lowest BCUT2D eigenvalue weighted by Gasteiger charge is -2.28. The standard InChI is InChI=1S/C31H42O4S2/c1-4-5-10-17-26(35-24(3)33)19-20-28-27(18-13-7-6-8-14-21-34-23(2)32)29-22-30(28)37-31(36-29)25-15-11-9-12-16-25/h7,9,11-13,15-16,26-31H,4-6,8,10,14,17-18,21-22H2,1-3H3/b13-7-/t26-,27+,28?,29-,30+,31-/m0/s1. The van der Waals surface area contributed by atoms with E-state index in [1.165, 1.54) is 25.8 Å². The first kappa shape index (κ1) is 29.7. The van der Waals surface area contributed by atoms with Gasteiger partial charge in [0.1, 0.15) is 0 Å². The molecule has 202 valence electrons. The molecule has 2 bridgehead atoms. The number of hydrogen-bond donors (Lipinski definition) is 0. The highest BCUT2D eigenvalue weighted by Crippen LogP contribution is 2.60. The van der Waals surface area contributed by atoms with Gasteiger partial charge in [0, 0.05) is 30.3 Å². The van der Waals surface area contributed by atoms with E-state index >= 15 is 0 Å². The van der Waals surface area contributed by atoms with Crippen LogP contribution < -0.4 is 0 Å². The number of esters is 2. The number of fused-ring (bicyclic) bond motifs is 2. The summed E-state index contributed by atoms with van der Waals surface area (Å²) in [6, 6.07) is 10.8. The Morgan fingerprint density at radius 2 is 1.81 bits per heavy atom. The molecule has 1 aliphatic heterocycles. The molecule has 1 heterocycles. The zero-order valence-electron chi connectivity index (χ0n) is 22.5. The minimum absolute atomic E-state index is 0.208. The van der Waals surface area contributed by atoms with E-state index in [-0.39, 0.29) is 18.0 Å². The molecular weight excluding hydrogens is 500 g/mol. The van der Waals surface area contributed by atoms with Crippen LogP contribution in [0.15, 0.2) is 42.5 Å². The number of carbonyl (C=O) groups is 2. The summed E-state index contributed by atoms with van der Waals surface area (Å²) in [6.07, 6.45) is 13.5. The van der Waals surface area contributed by atoms with Gasteiger partial charge in [-0.1, -0.05) is 74.1 Å².